The molecule has 1 amide bonds. The number of nitrogens with zero attached hydrogens (tertiary/aromatic N) is 3. The molecule has 0 bridgehead atoms. The molecule has 4 rings (SSSR count). The summed E-state index contributed by atoms with van der Waals surface area (Å²) in [7, 11) is 3.17. The largest absolute Gasteiger partial charge is 0.494 e. The van der Waals surface area contributed by atoms with Crippen molar-refractivity contribution in [2.75, 3.05) is 45.1 Å². The average Bonchev–Trinajstić information content (AvgIpc) is 3.01. The van der Waals surface area contributed by atoms with Gasteiger partial charge in [0.2, 0.25) is 11.1 Å². The second-order valence-electron chi connectivity index (χ2n) is 8.68. The van der Waals surface area contributed by atoms with Crippen LogP contribution in [0.15, 0.2) is 65.8 Å². The van der Waals surface area contributed by atoms with Crippen LogP contribution in [0.4, 0.5) is 5.69 Å². The van der Waals surface area contributed by atoms with E-state index < -0.39 is 0 Å². The number of rotatable bonds is 14. The number of hydrogen-bond acceptors (Lipinski definition) is 10. The highest BCUT2D eigenvalue weighted by molar-refractivity contribution is 7.99. The third-order valence-electron chi connectivity index (χ3n) is 5.92. The Morgan fingerprint density at radius 1 is 0.714 bits per heavy atom. The van der Waals surface area contributed by atoms with Crippen LogP contribution in [0.3, 0.4) is 0 Å². The van der Waals surface area contributed by atoms with Crippen molar-refractivity contribution in [2.45, 2.75) is 25.9 Å². The molecule has 0 aliphatic rings. The van der Waals surface area contributed by atoms with Crippen LogP contribution in [0.25, 0.3) is 22.5 Å². The minimum atomic E-state index is -0.197. The van der Waals surface area contributed by atoms with Gasteiger partial charge in [-0.15, -0.1) is 10.2 Å². The minimum absolute atomic E-state index is 0.0944. The number of amides is 1. The first-order chi connectivity index (χ1) is 20.5. The van der Waals surface area contributed by atoms with Crippen molar-refractivity contribution >= 4 is 23.4 Å². The lowest BCUT2D eigenvalue weighted by Crippen LogP contribution is -2.14. The summed E-state index contributed by atoms with van der Waals surface area (Å²) in [6, 6.07) is 18.3. The maximum atomic E-state index is 12.7. The molecular weight excluding hydrogens is 556 g/mol. The van der Waals surface area contributed by atoms with Crippen LogP contribution in [0.2, 0.25) is 0 Å². The van der Waals surface area contributed by atoms with Crippen LogP contribution in [0, 0.1) is 0 Å². The summed E-state index contributed by atoms with van der Waals surface area (Å²) >= 11 is 1.19. The number of aromatic nitrogens is 3. The van der Waals surface area contributed by atoms with Crippen molar-refractivity contribution in [3.8, 4) is 51.3 Å². The first-order valence-electron chi connectivity index (χ1n) is 13.5. The smallest absolute Gasteiger partial charge is 0.234 e. The highest BCUT2D eigenvalue weighted by atomic mass is 32.2. The van der Waals surface area contributed by atoms with E-state index in [1.807, 2.05) is 69.3 Å². The Balaban J connectivity index is 1.64. The fourth-order valence-corrected chi connectivity index (χ4v) is 4.66. The Labute approximate surface area is 249 Å². The average molecular weight is 591 g/mol. The number of carbonyl (C=O) groups excluding carboxylic acids is 1. The van der Waals surface area contributed by atoms with Crippen LogP contribution in [-0.4, -0.2) is 60.9 Å². The summed E-state index contributed by atoms with van der Waals surface area (Å²) in [6.45, 7) is 7.33. The second kappa shape index (κ2) is 14.9. The van der Waals surface area contributed by atoms with Crippen molar-refractivity contribution in [2.24, 2.45) is 0 Å². The predicted octanol–water partition coefficient (Wildman–Crippen LogP) is 6.15. The zero-order valence-corrected chi connectivity index (χ0v) is 25.1. The second-order valence-corrected chi connectivity index (χ2v) is 9.63. The van der Waals surface area contributed by atoms with Gasteiger partial charge in [0.25, 0.3) is 0 Å². The van der Waals surface area contributed by atoms with E-state index in [2.05, 4.69) is 15.5 Å². The van der Waals surface area contributed by atoms with Gasteiger partial charge in [0.1, 0.15) is 17.1 Å². The lowest BCUT2D eigenvalue weighted by Gasteiger charge is -2.14. The van der Waals surface area contributed by atoms with Gasteiger partial charge < -0.3 is 29.0 Å². The van der Waals surface area contributed by atoms with Crippen LogP contribution < -0.4 is 29.0 Å². The molecule has 4 aromatic rings. The summed E-state index contributed by atoms with van der Waals surface area (Å²) < 4.78 is 28.0. The molecule has 220 valence electrons. The number of carbonyl (C=O) groups is 1. The Bertz CT molecular complexity index is 1500. The standard InChI is InChI=1S/C31H34N4O6S/c1-6-39-23-13-11-22(12-14-23)32-28(36)19-42-31-33-29(20-9-15-24(40-7-2)26(17-20)37-4)30(34-35-31)21-10-16-25(41-8-3)27(18-21)38-5/h9-18H,6-8,19H2,1-5H3,(H,32,36). The first kappa shape index (κ1) is 30.4. The number of methoxy groups -OCH3 is 2. The molecule has 1 N–H and O–H groups in total. The zero-order chi connectivity index (χ0) is 29.9. The van der Waals surface area contributed by atoms with Gasteiger partial charge in [-0.25, -0.2) is 4.98 Å². The topological polar surface area (TPSA) is 114 Å². The highest BCUT2D eigenvalue weighted by Crippen LogP contribution is 2.38. The van der Waals surface area contributed by atoms with Crippen LogP contribution in [0.1, 0.15) is 20.8 Å². The molecule has 0 aliphatic heterocycles. The monoisotopic (exact) mass is 590 g/mol. The van der Waals surface area contributed by atoms with Crippen molar-refractivity contribution in [1.82, 2.24) is 15.2 Å². The molecule has 11 heteroatoms. The quantitative estimate of drug-likeness (QED) is 0.172. The predicted molar refractivity (Wildman–Crippen MR) is 163 cm³/mol. The fraction of sp³-hybridized carbons (Fsp3) is 0.290. The van der Waals surface area contributed by atoms with Gasteiger partial charge in [0.05, 0.1) is 39.8 Å². The Hall–Kier alpha value is -4.51. The third kappa shape index (κ3) is 7.61. The lowest BCUT2D eigenvalue weighted by molar-refractivity contribution is -0.113. The number of ether oxygens (including phenoxy) is 5. The van der Waals surface area contributed by atoms with E-state index in [9.17, 15) is 4.79 Å². The normalized spacial score (nSPS) is 10.6. The van der Waals surface area contributed by atoms with Gasteiger partial charge >= 0.3 is 0 Å². The molecule has 0 aliphatic carbocycles. The summed E-state index contributed by atoms with van der Waals surface area (Å²) in [5.41, 5.74) is 3.25. The van der Waals surface area contributed by atoms with E-state index in [0.29, 0.717) is 65.1 Å². The van der Waals surface area contributed by atoms with E-state index in [0.717, 1.165) is 16.9 Å². The summed E-state index contributed by atoms with van der Waals surface area (Å²) in [5, 5.41) is 12.1. The van der Waals surface area contributed by atoms with E-state index in [1.165, 1.54) is 11.8 Å². The molecule has 0 saturated heterocycles. The Morgan fingerprint density at radius 2 is 1.29 bits per heavy atom. The summed E-state index contributed by atoms with van der Waals surface area (Å²) in [6.07, 6.45) is 0. The van der Waals surface area contributed by atoms with Gasteiger partial charge in [-0.05, 0) is 81.4 Å². The van der Waals surface area contributed by atoms with Gasteiger partial charge in [0, 0.05) is 16.8 Å². The molecule has 42 heavy (non-hydrogen) atoms. The number of hydrogen-bond donors (Lipinski definition) is 1. The van der Waals surface area contributed by atoms with Crippen molar-refractivity contribution in [3.63, 3.8) is 0 Å². The number of benzene rings is 3. The Morgan fingerprint density at radius 3 is 1.83 bits per heavy atom. The van der Waals surface area contributed by atoms with Gasteiger partial charge in [0.15, 0.2) is 23.0 Å². The number of thioether (sulfide) groups is 1. The molecule has 10 nitrogen and oxygen atoms in total. The molecule has 0 fully saturated rings. The highest BCUT2D eigenvalue weighted by Gasteiger charge is 2.19. The van der Waals surface area contributed by atoms with Crippen molar-refractivity contribution in [1.29, 1.82) is 0 Å². The molecule has 0 unspecified atom stereocenters. The molecule has 0 atom stereocenters. The molecule has 0 saturated carbocycles. The third-order valence-corrected chi connectivity index (χ3v) is 6.76. The van der Waals surface area contributed by atoms with E-state index in [1.54, 1.807) is 26.4 Å². The Kier molecular flexibility index (Phi) is 10.8. The van der Waals surface area contributed by atoms with Crippen molar-refractivity contribution in [3.05, 3.63) is 60.7 Å². The van der Waals surface area contributed by atoms with Crippen LogP contribution >= 0.6 is 11.8 Å². The lowest BCUT2D eigenvalue weighted by atomic mass is 10.0. The molecule has 0 radical (unpaired) electrons. The summed E-state index contributed by atoms with van der Waals surface area (Å²) in [5.74, 6) is 3.01. The maximum Gasteiger partial charge on any atom is 0.234 e. The fourth-order valence-electron chi connectivity index (χ4n) is 4.08. The van der Waals surface area contributed by atoms with Gasteiger partial charge in [-0.3, -0.25) is 4.79 Å². The van der Waals surface area contributed by atoms with Crippen LogP contribution in [-0.2, 0) is 4.79 Å². The molecule has 1 heterocycles. The minimum Gasteiger partial charge on any atom is -0.494 e. The summed E-state index contributed by atoms with van der Waals surface area (Å²) in [4.78, 5) is 17.5. The van der Waals surface area contributed by atoms with Crippen molar-refractivity contribution < 1.29 is 28.5 Å². The molecule has 3 aromatic carbocycles. The maximum absolute atomic E-state index is 12.7. The number of anilines is 1. The molecule has 0 spiro atoms. The van der Waals surface area contributed by atoms with Gasteiger partial charge in [-0.2, -0.15) is 0 Å². The zero-order valence-electron chi connectivity index (χ0n) is 24.3. The van der Waals surface area contributed by atoms with E-state index in [4.69, 9.17) is 28.7 Å². The molecular formula is C31H34N4O6S. The SMILES string of the molecule is CCOc1ccc(NC(=O)CSc2nnc(-c3ccc(OCC)c(OC)c3)c(-c3ccc(OCC)c(OC)c3)n2)cc1. The number of nitrogens with one attached hydrogen (secondary N) is 1. The van der Waals surface area contributed by atoms with Crippen LogP contribution in [0.5, 0.6) is 28.7 Å². The first-order valence-corrected chi connectivity index (χ1v) is 14.5. The van der Waals surface area contributed by atoms with Gasteiger partial charge in [-0.1, -0.05) is 11.8 Å². The van der Waals surface area contributed by atoms with E-state index >= 15 is 0 Å². The van der Waals surface area contributed by atoms with E-state index in [-0.39, 0.29) is 11.7 Å². The molecule has 1 aromatic heterocycles.